The van der Waals surface area contributed by atoms with Crippen LogP contribution in [-0.2, 0) is 9.53 Å². The van der Waals surface area contributed by atoms with Crippen molar-refractivity contribution >= 4 is 17.7 Å². The molecule has 8 nitrogen and oxygen atoms in total. The molecule has 2 aromatic rings. The predicted octanol–water partition coefficient (Wildman–Crippen LogP) is 0.0689. The number of nitrogens with one attached hydrogen (secondary N) is 2. The van der Waals surface area contributed by atoms with Gasteiger partial charge in [0.25, 0.3) is 11.7 Å². The van der Waals surface area contributed by atoms with E-state index in [2.05, 4.69) is 4.98 Å². The van der Waals surface area contributed by atoms with Crippen LogP contribution < -0.4 is 4.90 Å². The Morgan fingerprint density at radius 3 is 2.43 bits per heavy atom. The van der Waals surface area contributed by atoms with Gasteiger partial charge >= 0.3 is 5.97 Å². The Morgan fingerprint density at radius 2 is 1.83 bits per heavy atom. The van der Waals surface area contributed by atoms with E-state index in [1.54, 1.807) is 26.0 Å². The van der Waals surface area contributed by atoms with E-state index in [0.29, 0.717) is 49.5 Å². The molecular formula is C22H28N3O5+. The molecule has 0 spiro atoms. The highest BCUT2D eigenvalue weighted by Gasteiger charge is 2.33. The number of aromatic amines is 1. The number of ketones is 1. The topological polar surface area (TPSA) is 104 Å². The summed E-state index contributed by atoms with van der Waals surface area (Å²) in [6, 6.07) is 9.05. The third-order valence-electron chi connectivity index (χ3n) is 5.37. The fraction of sp³-hybridized carbons (Fsp3) is 0.409. The first-order valence-electron chi connectivity index (χ1n) is 10.2. The maximum absolute atomic E-state index is 13.2. The van der Waals surface area contributed by atoms with Gasteiger partial charge in [0.1, 0.15) is 12.2 Å². The van der Waals surface area contributed by atoms with Gasteiger partial charge in [-0.1, -0.05) is 30.3 Å². The first-order chi connectivity index (χ1) is 14.5. The van der Waals surface area contributed by atoms with Gasteiger partial charge in [0, 0.05) is 11.3 Å². The van der Waals surface area contributed by atoms with Crippen LogP contribution in [0.25, 0.3) is 11.1 Å². The number of aromatic nitrogens is 1. The zero-order chi connectivity index (χ0) is 21.7. The number of hydrogen-bond donors (Lipinski definition) is 3. The molecule has 0 atom stereocenters. The minimum absolute atomic E-state index is 0.0982. The lowest BCUT2D eigenvalue weighted by molar-refractivity contribution is -0.904. The van der Waals surface area contributed by atoms with Gasteiger partial charge in [0.2, 0.25) is 0 Å². The number of Topliss-reactive ketones (excluding diaryl/α,β-unsaturated/α-hetero) is 1. The van der Waals surface area contributed by atoms with Crippen LogP contribution in [-0.4, -0.2) is 78.6 Å². The fourth-order valence-corrected chi connectivity index (χ4v) is 3.83. The van der Waals surface area contributed by atoms with Crippen LogP contribution in [0.3, 0.4) is 0 Å². The molecule has 160 valence electrons. The molecule has 8 heteroatoms. The molecule has 0 saturated carbocycles. The molecule has 0 radical (unpaired) electrons. The average Bonchev–Trinajstić information content (AvgIpc) is 3.11. The predicted molar refractivity (Wildman–Crippen MR) is 110 cm³/mol. The third-order valence-corrected chi connectivity index (χ3v) is 5.37. The Labute approximate surface area is 175 Å². The number of aliphatic hydroxyl groups excluding tert-OH is 1. The second-order valence-corrected chi connectivity index (χ2v) is 7.31. The highest BCUT2D eigenvalue weighted by molar-refractivity contribution is 6.43. The Hall–Kier alpha value is -2.97. The number of H-pyrrole nitrogens is 1. The number of piperazine rings is 1. The highest BCUT2D eigenvalue weighted by Crippen LogP contribution is 2.31. The van der Waals surface area contributed by atoms with Gasteiger partial charge in [-0.05, 0) is 19.4 Å². The van der Waals surface area contributed by atoms with E-state index < -0.39 is 17.7 Å². The first kappa shape index (κ1) is 21.7. The largest absolute Gasteiger partial charge is 0.462 e. The second kappa shape index (κ2) is 9.69. The highest BCUT2D eigenvalue weighted by atomic mass is 16.5. The van der Waals surface area contributed by atoms with Gasteiger partial charge in [0.15, 0.2) is 0 Å². The Kier molecular flexibility index (Phi) is 7.02. The van der Waals surface area contributed by atoms with E-state index in [1.165, 1.54) is 9.80 Å². The molecule has 0 unspecified atom stereocenters. The van der Waals surface area contributed by atoms with Crippen molar-refractivity contribution in [2.75, 3.05) is 45.9 Å². The quantitative estimate of drug-likeness (QED) is 0.338. The number of carbonyl (C=O) groups is 3. The lowest BCUT2D eigenvalue weighted by Crippen LogP contribution is -3.15. The molecule has 3 N–H and O–H groups in total. The van der Waals surface area contributed by atoms with Crippen molar-refractivity contribution in [2.24, 2.45) is 0 Å². The molecule has 0 aliphatic carbocycles. The van der Waals surface area contributed by atoms with Gasteiger partial charge in [-0.15, -0.1) is 0 Å². The molecule has 1 aromatic heterocycles. The molecule has 1 fully saturated rings. The SMILES string of the molecule is CCOC(=O)c1c(C)[nH]c(C(=O)C(=O)N2CC[NH+](CCO)CC2)c1-c1ccccc1. The summed E-state index contributed by atoms with van der Waals surface area (Å²) in [6.45, 7) is 6.61. The van der Waals surface area contributed by atoms with E-state index in [1.807, 2.05) is 18.2 Å². The molecule has 2 heterocycles. The van der Waals surface area contributed by atoms with Crippen molar-refractivity contribution in [3.63, 3.8) is 0 Å². The van der Waals surface area contributed by atoms with Gasteiger partial charge in [-0.2, -0.15) is 0 Å². The summed E-state index contributed by atoms with van der Waals surface area (Å²) in [6.07, 6.45) is 0. The van der Waals surface area contributed by atoms with Crippen LogP contribution in [0, 0.1) is 6.92 Å². The number of rotatable bonds is 7. The summed E-state index contributed by atoms with van der Waals surface area (Å²) < 4.78 is 5.19. The summed E-state index contributed by atoms with van der Waals surface area (Å²) in [5, 5.41) is 9.08. The molecule has 1 aliphatic rings. The summed E-state index contributed by atoms with van der Waals surface area (Å²) in [7, 11) is 0. The molecule has 0 bridgehead atoms. The smallest absolute Gasteiger partial charge is 0.340 e. The monoisotopic (exact) mass is 414 g/mol. The van der Waals surface area contributed by atoms with Crippen LogP contribution in [0.2, 0.25) is 0 Å². The Balaban J connectivity index is 1.93. The van der Waals surface area contributed by atoms with Crippen LogP contribution in [0.5, 0.6) is 0 Å². The van der Waals surface area contributed by atoms with Crippen molar-refractivity contribution in [2.45, 2.75) is 13.8 Å². The van der Waals surface area contributed by atoms with Crippen molar-refractivity contribution in [1.82, 2.24) is 9.88 Å². The molecule has 30 heavy (non-hydrogen) atoms. The Morgan fingerprint density at radius 1 is 1.17 bits per heavy atom. The number of nitrogens with zero attached hydrogens (tertiary/aromatic N) is 1. The van der Waals surface area contributed by atoms with Crippen molar-refractivity contribution in [3.8, 4) is 11.1 Å². The van der Waals surface area contributed by atoms with E-state index >= 15 is 0 Å². The number of aryl methyl sites for hydroxylation is 1. The number of amides is 1. The summed E-state index contributed by atoms with van der Waals surface area (Å²) >= 11 is 0. The molecule has 1 aromatic carbocycles. The molecule has 3 rings (SSSR count). The van der Waals surface area contributed by atoms with E-state index in [0.717, 1.165) is 0 Å². The number of benzene rings is 1. The summed E-state index contributed by atoms with van der Waals surface area (Å²) in [5.41, 5.74) is 1.93. The number of esters is 1. The van der Waals surface area contributed by atoms with Crippen LogP contribution >= 0.6 is 0 Å². The minimum atomic E-state index is -0.668. The fourth-order valence-electron chi connectivity index (χ4n) is 3.83. The summed E-state index contributed by atoms with van der Waals surface area (Å²) in [5.74, 6) is -1.79. The standard InChI is InChI=1S/C22H27N3O5/c1-3-30-22(29)17-15(2)23-19(18(17)16-7-5-4-6-8-16)20(27)21(28)25-11-9-24(10-12-25)13-14-26/h4-8,23,26H,3,9-14H2,1-2H3/p+1. The zero-order valence-electron chi connectivity index (χ0n) is 17.4. The number of quaternary nitrogens is 1. The van der Waals surface area contributed by atoms with Crippen LogP contribution in [0.15, 0.2) is 30.3 Å². The normalized spacial score (nSPS) is 14.6. The molecule has 1 amide bonds. The third kappa shape index (κ3) is 4.44. The maximum Gasteiger partial charge on any atom is 0.340 e. The zero-order valence-corrected chi connectivity index (χ0v) is 17.4. The lowest BCUT2D eigenvalue weighted by atomic mass is 9.98. The molecule has 1 aliphatic heterocycles. The molecular weight excluding hydrogens is 386 g/mol. The average molecular weight is 414 g/mol. The van der Waals surface area contributed by atoms with E-state index in [4.69, 9.17) is 9.84 Å². The maximum atomic E-state index is 13.2. The number of ether oxygens (including phenoxy) is 1. The first-order valence-corrected chi connectivity index (χ1v) is 10.2. The lowest BCUT2D eigenvalue weighted by Gasteiger charge is -2.31. The van der Waals surface area contributed by atoms with Crippen molar-refractivity contribution < 1.29 is 29.1 Å². The van der Waals surface area contributed by atoms with Crippen LogP contribution in [0.4, 0.5) is 0 Å². The van der Waals surface area contributed by atoms with Crippen molar-refractivity contribution in [1.29, 1.82) is 0 Å². The number of carbonyl (C=O) groups excluding carboxylic acids is 3. The number of aliphatic hydroxyl groups is 1. The number of hydrogen-bond acceptors (Lipinski definition) is 5. The van der Waals surface area contributed by atoms with Gasteiger partial charge < -0.3 is 24.6 Å². The van der Waals surface area contributed by atoms with Gasteiger partial charge in [-0.25, -0.2) is 4.79 Å². The van der Waals surface area contributed by atoms with Crippen LogP contribution in [0.1, 0.15) is 33.5 Å². The van der Waals surface area contributed by atoms with E-state index in [-0.39, 0.29) is 24.5 Å². The van der Waals surface area contributed by atoms with Crippen molar-refractivity contribution in [3.05, 3.63) is 47.3 Å². The Bertz CT molecular complexity index is 914. The molecule has 1 saturated heterocycles. The minimum Gasteiger partial charge on any atom is -0.462 e. The summed E-state index contributed by atoms with van der Waals surface area (Å²) in [4.78, 5) is 44.4. The van der Waals surface area contributed by atoms with Gasteiger partial charge in [0.05, 0.1) is 45.0 Å². The van der Waals surface area contributed by atoms with Gasteiger partial charge in [-0.3, -0.25) is 9.59 Å². The van der Waals surface area contributed by atoms with E-state index in [9.17, 15) is 14.4 Å². The second-order valence-electron chi connectivity index (χ2n) is 7.31.